The van der Waals surface area contributed by atoms with Gasteiger partial charge < -0.3 is 0 Å². The molecule has 1 atom stereocenters. The third kappa shape index (κ3) is 3.32. The van der Waals surface area contributed by atoms with E-state index in [1.807, 2.05) is 10.9 Å². The highest BCUT2D eigenvalue weighted by molar-refractivity contribution is 5.02. The zero-order valence-electron chi connectivity index (χ0n) is 10.1. The molecule has 0 amide bonds. The molecule has 3 N–H and O–H groups in total. The number of hydrogen-bond acceptors (Lipinski definition) is 3. The van der Waals surface area contributed by atoms with Gasteiger partial charge in [0.25, 0.3) is 0 Å². The first-order chi connectivity index (χ1) is 7.04. The summed E-state index contributed by atoms with van der Waals surface area (Å²) in [6.45, 7) is 8.56. The minimum atomic E-state index is 0.292. The van der Waals surface area contributed by atoms with Crippen molar-refractivity contribution in [3.63, 3.8) is 0 Å². The van der Waals surface area contributed by atoms with Crippen molar-refractivity contribution < 1.29 is 0 Å². The lowest BCUT2D eigenvalue weighted by atomic mass is 10.0. The third-order valence-electron chi connectivity index (χ3n) is 2.64. The lowest BCUT2D eigenvalue weighted by Gasteiger charge is -2.18. The second kappa shape index (κ2) is 5.28. The van der Waals surface area contributed by atoms with Gasteiger partial charge in [0.2, 0.25) is 0 Å². The highest BCUT2D eigenvalue weighted by Crippen LogP contribution is 2.10. The minimum absolute atomic E-state index is 0.292. The van der Waals surface area contributed by atoms with Gasteiger partial charge in [-0.05, 0) is 25.8 Å². The first-order valence-corrected chi connectivity index (χ1v) is 5.54. The van der Waals surface area contributed by atoms with E-state index in [1.165, 1.54) is 0 Å². The molecule has 15 heavy (non-hydrogen) atoms. The van der Waals surface area contributed by atoms with Gasteiger partial charge in [-0.2, -0.15) is 5.10 Å². The van der Waals surface area contributed by atoms with E-state index >= 15 is 0 Å². The van der Waals surface area contributed by atoms with Gasteiger partial charge in [-0.15, -0.1) is 0 Å². The summed E-state index contributed by atoms with van der Waals surface area (Å²) < 4.78 is 1.98. The molecule has 4 nitrogen and oxygen atoms in total. The molecule has 1 aromatic heterocycles. The Hall–Kier alpha value is -0.870. The van der Waals surface area contributed by atoms with Crippen molar-refractivity contribution in [1.82, 2.24) is 15.2 Å². The number of nitrogens with zero attached hydrogens (tertiary/aromatic N) is 2. The van der Waals surface area contributed by atoms with Crippen molar-refractivity contribution in [2.24, 2.45) is 11.8 Å². The van der Waals surface area contributed by atoms with E-state index in [9.17, 15) is 0 Å². The summed E-state index contributed by atoms with van der Waals surface area (Å²) in [4.78, 5) is 0. The van der Waals surface area contributed by atoms with Crippen LogP contribution in [0.4, 0.5) is 0 Å². The number of nitrogens with two attached hydrogens (primary N) is 1. The molecule has 0 saturated carbocycles. The molecule has 0 bridgehead atoms. The summed E-state index contributed by atoms with van der Waals surface area (Å²) in [6, 6.07) is 2.77. The maximum atomic E-state index is 5.50. The summed E-state index contributed by atoms with van der Waals surface area (Å²) in [5, 5.41) is 4.50. The summed E-state index contributed by atoms with van der Waals surface area (Å²) in [5.41, 5.74) is 3.94. The molecule has 1 aromatic rings. The smallest absolute Gasteiger partial charge is 0.0640 e. The van der Waals surface area contributed by atoms with Gasteiger partial charge in [-0.25, -0.2) is 0 Å². The number of hydrogen-bond donors (Lipinski definition) is 2. The van der Waals surface area contributed by atoms with Crippen LogP contribution in [0.25, 0.3) is 0 Å². The Morgan fingerprint density at radius 3 is 2.47 bits per heavy atom. The third-order valence-corrected chi connectivity index (χ3v) is 2.64. The minimum Gasteiger partial charge on any atom is -0.271 e. The Balaban J connectivity index is 2.63. The summed E-state index contributed by atoms with van der Waals surface area (Å²) in [6.07, 6.45) is 2.90. The average Bonchev–Trinajstić information content (AvgIpc) is 2.61. The Labute approximate surface area is 91.8 Å². The van der Waals surface area contributed by atoms with Crippen LogP contribution >= 0.6 is 0 Å². The first kappa shape index (κ1) is 12.2. The number of hydrazine groups is 1. The number of aromatic nitrogens is 2. The highest BCUT2D eigenvalue weighted by Gasteiger charge is 2.13. The molecule has 0 aliphatic carbocycles. The van der Waals surface area contributed by atoms with E-state index in [2.05, 4.69) is 44.3 Å². The van der Waals surface area contributed by atoms with Crippen LogP contribution in [-0.4, -0.2) is 15.8 Å². The van der Waals surface area contributed by atoms with Crippen LogP contribution in [0.5, 0.6) is 0 Å². The zero-order chi connectivity index (χ0) is 11.4. The SMILES string of the molecule is CC(C)C(Cc1ccn(C(C)C)n1)NN. The Kier molecular flexibility index (Phi) is 4.29. The van der Waals surface area contributed by atoms with Gasteiger partial charge >= 0.3 is 0 Å². The van der Waals surface area contributed by atoms with E-state index in [0.29, 0.717) is 18.0 Å². The zero-order valence-corrected chi connectivity index (χ0v) is 10.1. The Morgan fingerprint density at radius 2 is 2.07 bits per heavy atom. The lowest BCUT2D eigenvalue weighted by Crippen LogP contribution is -2.40. The molecule has 4 heteroatoms. The Bertz CT molecular complexity index is 291. The molecule has 1 unspecified atom stereocenters. The second-order valence-electron chi connectivity index (χ2n) is 4.60. The molecular weight excluding hydrogens is 188 g/mol. The maximum absolute atomic E-state index is 5.50. The van der Waals surface area contributed by atoms with Gasteiger partial charge in [0.15, 0.2) is 0 Å². The van der Waals surface area contributed by atoms with E-state index in [0.717, 1.165) is 12.1 Å². The normalized spacial score (nSPS) is 13.8. The monoisotopic (exact) mass is 210 g/mol. The molecule has 1 rings (SSSR count). The topological polar surface area (TPSA) is 55.9 Å². The molecule has 0 aromatic carbocycles. The van der Waals surface area contributed by atoms with E-state index in [-0.39, 0.29) is 0 Å². The van der Waals surface area contributed by atoms with Crippen molar-refractivity contribution in [2.45, 2.75) is 46.2 Å². The first-order valence-electron chi connectivity index (χ1n) is 5.54. The average molecular weight is 210 g/mol. The molecule has 0 spiro atoms. The fourth-order valence-electron chi connectivity index (χ4n) is 1.49. The predicted octanol–water partition coefficient (Wildman–Crippen LogP) is 1.49. The summed E-state index contributed by atoms with van der Waals surface area (Å²) in [7, 11) is 0. The van der Waals surface area contributed by atoms with Crippen LogP contribution in [0.15, 0.2) is 12.3 Å². The van der Waals surface area contributed by atoms with Gasteiger partial charge in [-0.1, -0.05) is 13.8 Å². The van der Waals surface area contributed by atoms with Crippen LogP contribution in [0.3, 0.4) is 0 Å². The maximum Gasteiger partial charge on any atom is 0.0640 e. The fraction of sp³-hybridized carbons (Fsp3) is 0.727. The number of rotatable bonds is 5. The molecule has 0 saturated heterocycles. The van der Waals surface area contributed by atoms with Crippen molar-refractivity contribution in [2.75, 3.05) is 0 Å². The van der Waals surface area contributed by atoms with Gasteiger partial charge in [0, 0.05) is 24.7 Å². The van der Waals surface area contributed by atoms with Crippen LogP contribution in [-0.2, 0) is 6.42 Å². The van der Waals surface area contributed by atoms with E-state index < -0.39 is 0 Å². The molecular formula is C11H22N4. The van der Waals surface area contributed by atoms with Crippen LogP contribution in [0.2, 0.25) is 0 Å². The Morgan fingerprint density at radius 1 is 1.40 bits per heavy atom. The van der Waals surface area contributed by atoms with Crippen molar-refractivity contribution in [3.05, 3.63) is 18.0 Å². The molecule has 0 aliphatic rings. The van der Waals surface area contributed by atoms with Crippen molar-refractivity contribution >= 4 is 0 Å². The van der Waals surface area contributed by atoms with Crippen LogP contribution in [0, 0.1) is 5.92 Å². The predicted molar refractivity (Wildman–Crippen MR) is 62.3 cm³/mol. The molecule has 0 aliphatic heterocycles. The van der Waals surface area contributed by atoms with Crippen molar-refractivity contribution in [3.8, 4) is 0 Å². The molecule has 1 heterocycles. The van der Waals surface area contributed by atoms with Gasteiger partial charge in [0.1, 0.15) is 0 Å². The van der Waals surface area contributed by atoms with Gasteiger partial charge in [0.05, 0.1) is 5.69 Å². The fourth-order valence-corrected chi connectivity index (χ4v) is 1.49. The van der Waals surface area contributed by atoms with Crippen LogP contribution in [0.1, 0.15) is 39.4 Å². The highest BCUT2D eigenvalue weighted by atomic mass is 15.3. The van der Waals surface area contributed by atoms with E-state index in [4.69, 9.17) is 5.84 Å². The molecule has 0 fully saturated rings. The largest absolute Gasteiger partial charge is 0.271 e. The summed E-state index contributed by atoms with van der Waals surface area (Å²) >= 11 is 0. The second-order valence-corrected chi connectivity index (χ2v) is 4.60. The molecule has 0 radical (unpaired) electrons. The van der Waals surface area contributed by atoms with E-state index in [1.54, 1.807) is 0 Å². The quantitative estimate of drug-likeness (QED) is 0.572. The summed E-state index contributed by atoms with van der Waals surface area (Å²) in [5.74, 6) is 6.02. The van der Waals surface area contributed by atoms with Crippen molar-refractivity contribution in [1.29, 1.82) is 0 Å². The number of nitrogens with one attached hydrogen (secondary N) is 1. The lowest BCUT2D eigenvalue weighted by molar-refractivity contribution is 0.398. The molecule has 86 valence electrons. The van der Waals surface area contributed by atoms with Gasteiger partial charge in [-0.3, -0.25) is 16.0 Å². The van der Waals surface area contributed by atoms with Crippen LogP contribution < -0.4 is 11.3 Å². The standard InChI is InChI=1S/C11H22N4/c1-8(2)11(13-12)7-10-5-6-15(14-10)9(3)4/h5-6,8-9,11,13H,7,12H2,1-4H3.